The quantitative estimate of drug-likeness (QED) is 0.296. The smallest absolute Gasteiger partial charge is 0.257 e. The summed E-state index contributed by atoms with van der Waals surface area (Å²) in [5.74, 6) is 1.41. The van der Waals surface area contributed by atoms with Gasteiger partial charge in [0.05, 0.1) is 18.0 Å². The number of amides is 1. The number of hydrogen-bond acceptors (Lipinski definition) is 8. The third-order valence-electron chi connectivity index (χ3n) is 5.94. The first kappa shape index (κ1) is 21.8. The molecule has 10 nitrogen and oxygen atoms in total. The summed E-state index contributed by atoms with van der Waals surface area (Å²) in [6, 6.07) is 17.3. The number of para-hydroxylation sites is 1. The Hall–Kier alpha value is -4.02. The number of nitrogens with zero attached hydrogens (tertiary/aromatic N) is 5. The van der Waals surface area contributed by atoms with Crippen LogP contribution in [0.3, 0.4) is 0 Å². The summed E-state index contributed by atoms with van der Waals surface area (Å²) in [4.78, 5) is 22.3. The molecule has 0 bridgehead atoms. The fourth-order valence-electron chi connectivity index (χ4n) is 4.37. The second-order valence-corrected chi connectivity index (χ2v) is 8.26. The summed E-state index contributed by atoms with van der Waals surface area (Å²) < 4.78 is 7.79. The normalized spacial score (nSPS) is 16.4. The largest absolute Gasteiger partial charge is 0.457 e. The number of anilines is 1. The number of ether oxygens (including phenoxy) is 1. The van der Waals surface area contributed by atoms with Crippen molar-refractivity contribution in [3.63, 3.8) is 0 Å². The number of rotatable bonds is 6. The number of benzene rings is 2. The van der Waals surface area contributed by atoms with E-state index in [4.69, 9.17) is 20.8 Å². The molecule has 2 aromatic carbocycles. The zero-order valence-corrected chi connectivity index (χ0v) is 18.5. The fourth-order valence-corrected chi connectivity index (χ4v) is 4.37. The van der Waals surface area contributed by atoms with Gasteiger partial charge in [-0.2, -0.15) is 5.10 Å². The zero-order chi connectivity index (χ0) is 23.5. The molecule has 5 rings (SSSR count). The Labute approximate surface area is 195 Å². The third-order valence-corrected chi connectivity index (χ3v) is 5.94. The van der Waals surface area contributed by atoms with Crippen molar-refractivity contribution in [2.24, 2.45) is 0 Å². The first-order valence-corrected chi connectivity index (χ1v) is 11.1. The molecule has 2 aromatic heterocycles. The average molecular weight is 460 g/mol. The van der Waals surface area contributed by atoms with Crippen LogP contribution in [0.4, 0.5) is 5.82 Å². The van der Waals surface area contributed by atoms with Crippen LogP contribution in [0.2, 0.25) is 0 Å². The molecule has 10 heteroatoms. The number of hydrogen-bond donors (Lipinski definition) is 3. The highest BCUT2D eigenvalue weighted by Gasteiger charge is 2.27. The van der Waals surface area contributed by atoms with Gasteiger partial charge in [0.25, 0.3) is 5.91 Å². The van der Waals surface area contributed by atoms with Crippen molar-refractivity contribution in [3.8, 4) is 22.8 Å². The lowest BCUT2D eigenvalue weighted by atomic mass is 10.1. The highest BCUT2D eigenvalue weighted by Crippen LogP contribution is 2.34. The van der Waals surface area contributed by atoms with E-state index in [2.05, 4.69) is 9.97 Å². The molecule has 1 aliphatic heterocycles. The van der Waals surface area contributed by atoms with Crippen molar-refractivity contribution in [1.29, 1.82) is 0 Å². The molecule has 1 unspecified atom stereocenters. The number of carbonyl (C=O) groups is 1. The van der Waals surface area contributed by atoms with Crippen LogP contribution in [0.5, 0.6) is 11.5 Å². The van der Waals surface area contributed by atoms with E-state index in [0.717, 1.165) is 30.7 Å². The van der Waals surface area contributed by atoms with Gasteiger partial charge in [0.1, 0.15) is 29.3 Å². The summed E-state index contributed by atoms with van der Waals surface area (Å²) in [6.07, 6.45) is 3.23. The number of carbonyl (C=O) groups excluding carboxylic acids is 1. The number of piperidine rings is 1. The highest BCUT2D eigenvalue weighted by molar-refractivity contribution is 5.98. The lowest BCUT2D eigenvalue weighted by Gasteiger charge is -2.32. The van der Waals surface area contributed by atoms with E-state index in [1.165, 1.54) is 6.33 Å². The molecule has 4 aromatic rings. The second-order valence-electron chi connectivity index (χ2n) is 8.26. The molecule has 34 heavy (non-hydrogen) atoms. The minimum Gasteiger partial charge on any atom is -0.457 e. The van der Waals surface area contributed by atoms with E-state index in [-0.39, 0.29) is 12.6 Å². The molecule has 1 atom stereocenters. The molecule has 3 heterocycles. The zero-order valence-electron chi connectivity index (χ0n) is 18.5. The molecular weight excluding hydrogens is 434 g/mol. The lowest BCUT2D eigenvalue weighted by molar-refractivity contribution is -0.130. The second kappa shape index (κ2) is 9.46. The third kappa shape index (κ3) is 4.41. The first-order valence-electron chi connectivity index (χ1n) is 11.1. The molecule has 1 aliphatic rings. The Morgan fingerprint density at radius 2 is 1.88 bits per heavy atom. The van der Waals surface area contributed by atoms with Gasteiger partial charge in [-0.15, -0.1) is 0 Å². The number of nitrogens with one attached hydrogen (secondary N) is 1. The topological polar surface area (TPSA) is 131 Å². The van der Waals surface area contributed by atoms with Crippen molar-refractivity contribution in [2.45, 2.75) is 18.9 Å². The summed E-state index contributed by atoms with van der Waals surface area (Å²) in [7, 11) is 0. The van der Waals surface area contributed by atoms with Crippen molar-refractivity contribution in [3.05, 3.63) is 60.9 Å². The van der Waals surface area contributed by atoms with Crippen molar-refractivity contribution >= 4 is 22.8 Å². The molecule has 4 N–H and O–H groups in total. The fraction of sp³-hybridized carbons (Fsp3) is 0.250. The molecule has 0 spiro atoms. The van der Waals surface area contributed by atoms with Gasteiger partial charge in [0.15, 0.2) is 5.65 Å². The van der Waals surface area contributed by atoms with E-state index in [9.17, 15) is 4.79 Å². The number of fused-ring (bicyclic) bond motifs is 1. The van der Waals surface area contributed by atoms with Crippen LogP contribution in [-0.4, -0.2) is 55.4 Å². The molecular formula is C24H25N7O3. The van der Waals surface area contributed by atoms with Crippen molar-refractivity contribution in [2.75, 3.05) is 25.4 Å². The standard InChI is InChI=1S/C24H25N7O3/c25-23-21-22(16-8-10-19(11-9-16)34-18-6-2-1-3-7-18)28-31(24(21)27-15-26-23)17-5-4-12-30(13-17)14-20(32)29-33/h1-3,6-11,15,17,33H,4-5,12-14H2,(H,29,32)(H2,25,26,27). The van der Waals surface area contributed by atoms with E-state index < -0.39 is 5.91 Å². The molecule has 1 fully saturated rings. The van der Waals surface area contributed by atoms with Crippen molar-refractivity contribution in [1.82, 2.24) is 30.1 Å². The molecule has 1 saturated heterocycles. The summed E-state index contributed by atoms with van der Waals surface area (Å²) in [5.41, 5.74) is 10.2. The van der Waals surface area contributed by atoms with Crippen LogP contribution in [-0.2, 0) is 4.79 Å². The number of nitrogens with two attached hydrogens (primary N) is 1. The molecule has 0 saturated carbocycles. The Bertz CT molecular complexity index is 1290. The highest BCUT2D eigenvalue weighted by atomic mass is 16.5. The van der Waals surface area contributed by atoms with Gasteiger partial charge in [0, 0.05) is 12.1 Å². The lowest BCUT2D eigenvalue weighted by Crippen LogP contribution is -2.42. The molecule has 0 aliphatic carbocycles. The van der Waals surface area contributed by atoms with Crippen LogP contribution in [0.25, 0.3) is 22.3 Å². The van der Waals surface area contributed by atoms with E-state index >= 15 is 0 Å². The van der Waals surface area contributed by atoms with E-state index in [1.807, 2.05) is 64.2 Å². The Morgan fingerprint density at radius 3 is 2.65 bits per heavy atom. The van der Waals surface area contributed by atoms with Gasteiger partial charge in [-0.1, -0.05) is 18.2 Å². The SMILES string of the molecule is Nc1ncnc2c1c(-c1ccc(Oc3ccccc3)cc1)nn2C1CCCN(CC(=O)NO)C1. The van der Waals surface area contributed by atoms with Crippen LogP contribution < -0.4 is 16.0 Å². The molecule has 1 amide bonds. The van der Waals surface area contributed by atoms with Crippen LogP contribution in [0.15, 0.2) is 60.9 Å². The van der Waals surface area contributed by atoms with Gasteiger partial charge < -0.3 is 10.5 Å². The summed E-state index contributed by atoms with van der Waals surface area (Å²) >= 11 is 0. The van der Waals surface area contributed by atoms with Gasteiger partial charge in [0.2, 0.25) is 0 Å². The molecule has 0 radical (unpaired) electrons. The monoisotopic (exact) mass is 459 g/mol. The van der Waals surface area contributed by atoms with Gasteiger partial charge in [-0.25, -0.2) is 20.1 Å². The van der Waals surface area contributed by atoms with Crippen molar-refractivity contribution < 1.29 is 14.7 Å². The predicted molar refractivity (Wildman–Crippen MR) is 126 cm³/mol. The van der Waals surface area contributed by atoms with E-state index in [1.54, 1.807) is 5.48 Å². The first-order chi connectivity index (χ1) is 16.6. The van der Waals surface area contributed by atoms with Crippen LogP contribution in [0.1, 0.15) is 18.9 Å². The maximum Gasteiger partial charge on any atom is 0.257 e. The summed E-state index contributed by atoms with van der Waals surface area (Å²) in [5, 5.41) is 14.5. The number of likely N-dealkylation sites (tertiary alicyclic amines) is 1. The number of nitrogen functional groups attached to an aromatic ring is 1. The average Bonchev–Trinajstić information content (AvgIpc) is 3.26. The number of hydroxylamine groups is 1. The van der Waals surface area contributed by atoms with Gasteiger partial charge in [-0.3, -0.25) is 14.9 Å². The molecule has 174 valence electrons. The minimum absolute atomic E-state index is 0.00600. The van der Waals surface area contributed by atoms with Gasteiger partial charge in [-0.05, 0) is 55.8 Å². The van der Waals surface area contributed by atoms with Crippen LogP contribution >= 0.6 is 0 Å². The Morgan fingerprint density at radius 1 is 1.12 bits per heavy atom. The predicted octanol–water partition coefficient (Wildman–Crippen LogP) is 3.01. The maximum absolute atomic E-state index is 11.6. The number of aromatic nitrogens is 4. The Balaban J connectivity index is 1.46. The minimum atomic E-state index is -0.434. The van der Waals surface area contributed by atoms with Crippen LogP contribution in [0, 0.1) is 0 Å². The maximum atomic E-state index is 11.6. The Kier molecular flexibility index (Phi) is 6.07. The van der Waals surface area contributed by atoms with E-state index in [0.29, 0.717) is 34.8 Å². The van der Waals surface area contributed by atoms with Gasteiger partial charge >= 0.3 is 0 Å². The summed E-state index contributed by atoms with van der Waals surface area (Å²) in [6.45, 7) is 1.51.